The van der Waals surface area contributed by atoms with Crippen molar-refractivity contribution >= 4 is 153 Å². The first-order valence-electron chi connectivity index (χ1n) is 24.3. The van der Waals surface area contributed by atoms with Crippen molar-refractivity contribution in [1.82, 2.24) is 29.4 Å². The number of carbonyl (C=O) groups is 6. The standard InChI is InChI=1S/C42H78B6N12O6S6/c1-2-11-55(40(64)34-52-46)18-31-70-27-6-38(62)59(15-9-50-44)21-29-68-25-4-13-57(42(66)36-54-48)20-33-72-28-7-39(63)60(16-10-51-45)22-30-69-24-3-12-56(41(65)35-53-47)19-32-71-26-5-37(61)58(17-23-67)14-8-49-43/h2,43-48,67H,1,3-36H2. The first-order chi connectivity index (χ1) is 35.0. The van der Waals surface area contributed by atoms with Gasteiger partial charge >= 0.3 is 466 Å². The Morgan fingerprint density at radius 3 is 0.972 bits per heavy atom. The van der Waals surface area contributed by atoms with E-state index in [4.69, 9.17) is 0 Å². The van der Waals surface area contributed by atoms with Crippen molar-refractivity contribution in [3.63, 3.8) is 0 Å². The predicted octanol–water partition coefficient (Wildman–Crippen LogP) is 0.197. The molecule has 0 aromatic rings. The van der Waals surface area contributed by atoms with E-state index in [1.54, 1.807) is 74.7 Å². The van der Waals surface area contributed by atoms with Crippen LogP contribution >= 0.6 is 71.4 Å². The van der Waals surface area contributed by atoms with Gasteiger partial charge in [-0.1, -0.05) is 0 Å². The normalized spacial score (nSPS) is 10.6. The number of nitrogens with zero attached hydrogens (tertiary/aromatic N) is 12. The van der Waals surface area contributed by atoms with E-state index in [0.717, 1.165) is 35.9 Å². The molecule has 0 aliphatic carbocycles. The number of hydrogen-bond donors (Lipinski definition) is 1. The topological polar surface area (TPSA) is 196 Å². The van der Waals surface area contributed by atoms with Crippen molar-refractivity contribution in [1.29, 1.82) is 0 Å². The second-order valence-corrected chi connectivity index (χ2v) is 22.3. The molecule has 0 heterocycles. The molecule has 0 N–H and O–H groups in total. The molecule has 396 valence electrons. The van der Waals surface area contributed by atoms with E-state index in [0.29, 0.717) is 158 Å². The summed E-state index contributed by atoms with van der Waals surface area (Å²) in [4.78, 5) is 111. The Morgan fingerprint density at radius 1 is 0.375 bits per heavy atom. The van der Waals surface area contributed by atoms with Crippen LogP contribution in [0.3, 0.4) is 0 Å². The zero-order valence-corrected chi connectivity index (χ0v) is 47.9. The fourth-order valence-corrected chi connectivity index (χ4v) is 11.2. The van der Waals surface area contributed by atoms with Gasteiger partial charge in [-0.25, -0.2) is 0 Å². The fourth-order valence-electron chi connectivity index (χ4n) is 6.61. The van der Waals surface area contributed by atoms with E-state index in [9.17, 15) is 28.8 Å². The van der Waals surface area contributed by atoms with E-state index >= 15 is 0 Å². The van der Waals surface area contributed by atoms with Gasteiger partial charge in [-0.15, -0.1) is 0 Å². The number of hydrogen-bond acceptors (Lipinski definition) is 18. The first kappa shape index (κ1) is 69.8. The van der Waals surface area contributed by atoms with Crippen LogP contribution in [0, 0.1) is 0 Å². The van der Waals surface area contributed by atoms with Crippen LogP contribution in [0.2, 0.25) is 0 Å². The third kappa shape index (κ3) is 36.7. The summed E-state index contributed by atoms with van der Waals surface area (Å²) in [5.41, 5.74) is 0. The number of thioether (sulfide) groups is 5. The summed E-state index contributed by atoms with van der Waals surface area (Å²) in [6, 6.07) is 0. The molecule has 0 aliphatic rings. The zero-order chi connectivity index (χ0) is 53.5. The molecule has 0 atom stereocenters. The summed E-state index contributed by atoms with van der Waals surface area (Å²) in [6.07, 6.45) is 4.45. The average Bonchev–Trinajstić information content (AvgIpc) is 3.36. The summed E-state index contributed by atoms with van der Waals surface area (Å²) in [7, 11) is 21.0. The van der Waals surface area contributed by atoms with Crippen LogP contribution in [0.15, 0.2) is 42.0 Å². The average molecular weight is 1100 g/mol. The van der Waals surface area contributed by atoms with Gasteiger partial charge in [0.15, 0.2) is 0 Å². The SMILES string of the molecule is B=NCCN(CCS)C(=O)CCSCCN(CCCSCCN(CCN=B)C(=O)CCSCCN(CCCSCCN(CCN=B)C(=O)CCSCCN(CC=C)C(=O)CN=B)C(=O)CN=B)C(=O)CN=B. The Bertz CT molecular complexity index is 1650. The third-order valence-electron chi connectivity index (χ3n) is 10.5. The molecule has 0 aliphatic heterocycles. The van der Waals surface area contributed by atoms with Crippen molar-refractivity contribution in [3.8, 4) is 0 Å². The quantitative estimate of drug-likeness (QED) is 0.0379. The molecule has 0 aromatic carbocycles. The van der Waals surface area contributed by atoms with Crippen LogP contribution in [0.25, 0.3) is 0 Å². The van der Waals surface area contributed by atoms with E-state index in [1.807, 2.05) is 19.6 Å². The second-order valence-electron chi connectivity index (χ2n) is 15.8. The van der Waals surface area contributed by atoms with Gasteiger partial charge in [0.25, 0.3) is 0 Å². The summed E-state index contributed by atoms with van der Waals surface area (Å²) in [5, 5.41) is 0. The van der Waals surface area contributed by atoms with Gasteiger partial charge in [-0.3, -0.25) is 0 Å². The van der Waals surface area contributed by atoms with Crippen molar-refractivity contribution in [2.24, 2.45) is 29.4 Å². The number of rotatable bonds is 51. The fraction of sp³-hybridized carbons (Fsp3) is 0.810. The molecule has 0 radical (unpaired) electrons. The molecule has 0 fully saturated rings. The molecule has 72 heavy (non-hydrogen) atoms. The van der Waals surface area contributed by atoms with Gasteiger partial charge in [-0.05, 0) is 0 Å². The van der Waals surface area contributed by atoms with Gasteiger partial charge in [0, 0.05) is 0 Å². The molecular formula is C42H78B6N12O6S6. The van der Waals surface area contributed by atoms with Crippen molar-refractivity contribution in [2.45, 2.75) is 32.1 Å². The van der Waals surface area contributed by atoms with Crippen LogP contribution in [0.1, 0.15) is 32.1 Å². The van der Waals surface area contributed by atoms with Crippen molar-refractivity contribution in [3.05, 3.63) is 12.7 Å². The zero-order valence-electron chi connectivity index (χ0n) is 42.9. The Morgan fingerprint density at radius 2 is 0.667 bits per heavy atom. The van der Waals surface area contributed by atoms with Crippen molar-refractivity contribution in [2.75, 3.05) is 181 Å². The molecule has 30 heteroatoms. The van der Waals surface area contributed by atoms with Crippen LogP contribution in [0.4, 0.5) is 0 Å². The molecule has 0 saturated heterocycles. The van der Waals surface area contributed by atoms with E-state index < -0.39 is 0 Å². The minimum absolute atomic E-state index is 0.0183. The third-order valence-corrected chi connectivity index (χ3v) is 15.7. The molecule has 18 nitrogen and oxygen atoms in total. The van der Waals surface area contributed by atoms with E-state index in [2.05, 4.69) is 94.4 Å². The second kappa shape index (κ2) is 49.7. The molecule has 0 bridgehead atoms. The van der Waals surface area contributed by atoms with Gasteiger partial charge in [0.05, 0.1) is 0 Å². The van der Waals surface area contributed by atoms with E-state index in [1.165, 1.54) is 0 Å². The molecule has 0 saturated carbocycles. The molecule has 0 rings (SSSR count). The molecule has 0 aromatic heterocycles. The number of thiol groups is 1. The minimum atomic E-state index is -0.0942. The van der Waals surface area contributed by atoms with Crippen LogP contribution in [-0.2, 0) is 28.8 Å². The molecule has 0 spiro atoms. The van der Waals surface area contributed by atoms with Gasteiger partial charge in [0.2, 0.25) is 0 Å². The molecule has 6 amide bonds. The summed E-state index contributed by atoms with van der Waals surface area (Å²) in [6.45, 7) is 11.8. The summed E-state index contributed by atoms with van der Waals surface area (Å²) < 4.78 is 0. The maximum atomic E-state index is 13.3. The van der Waals surface area contributed by atoms with Crippen LogP contribution in [-0.4, -0.2) is 292 Å². The summed E-state index contributed by atoms with van der Waals surface area (Å²) >= 11 is 12.7. The summed E-state index contributed by atoms with van der Waals surface area (Å²) in [5.74, 6) is 7.73. The monoisotopic (exact) mass is 1100 g/mol. The van der Waals surface area contributed by atoms with Gasteiger partial charge in [-0.2, -0.15) is 0 Å². The predicted molar refractivity (Wildman–Crippen MR) is 320 cm³/mol. The Hall–Kier alpha value is -2.15. The first-order valence-corrected chi connectivity index (χ1v) is 30.7. The number of carbonyl (C=O) groups excluding carboxylic acids is 6. The Kier molecular flexibility index (Phi) is 48.2. The van der Waals surface area contributed by atoms with Crippen LogP contribution < -0.4 is 0 Å². The molecular weight excluding hydrogens is 1030 g/mol. The Labute approximate surface area is 463 Å². The van der Waals surface area contributed by atoms with Gasteiger partial charge < -0.3 is 0 Å². The maximum absolute atomic E-state index is 13.3. The number of amides is 6. The van der Waals surface area contributed by atoms with Crippen LogP contribution in [0.5, 0.6) is 0 Å². The van der Waals surface area contributed by atoms with Gasteiger partial charge in [0.1, 0.15) is 0 Å². The van der Waals surface area contributed by atoms with Crippen molar-refractivity contribution < 1.29 is 28.8 Å². The molecule has 0 unspecified atom stereocenters. The van der Waals surface area contributed by atoms with E-state index in [-0.39, 0.29) is 55.1 Å². The Balaban J connectivity index is 4.76.